The fourth-order valence-corrected chi connectivity index (χ4v) is 3.12. The number of hydrogen-bond donors (Lipinski definition) is 1. The van der Waals surface area contributed by atoms with Gasteiger partial charge in [0.1, 0.15) is 0 Å². The lowest BCUT2D eigenvalue weighted by Crippen LogP contribution is -2.10. The van der Waals surface area contributed by atoms with Gasteiger partial charge in [0.25, 0.3) is 5.91 Å². The summed E-state index contributed by atoms with van der Waals surface area (Å²) in [6.45, 7) is 0. The molecule has 0 aliphatic heterocycles. The highest BCUT2D eigenvalue weighted by atomic mass is 79.9. The van der Waals surface area contributed by atoms with Crippen LogP contribution in [0.3, 0.4) is 0 Å². The van der Waals surface area contributed by atoms with Gasteiger partial charge in [-0.2, -0.15) is 0 Å². The highest BCUT2D eigenvalue weighted by molar-refractivity contribution is 9.11. The standard InChI is InChI=1S/C14H9BrN2OS/c15-13-5-4-12(19-13)14(18)17-11-3-1-2-9-6-7-16-8-10(9)11/h1-8H,(H,17,18). The first-order valence-electron chi connectivity index (χ1n) is 5.63. The molecule has 3 nitrogen and oxygen atoms in total. The Morgan fingerprint density at radius 3 is 2.89 bits per heavy atom. The number of nitrogens with one attached hydrogen (secondary N) is 1. The van der Waals surface area contributed by atoms with Crippen molar-refractivity contribution in [2.45, 2.75) is 0 Å². The molecule has 3 aromatic rings. The minimum atomic E-state index is -0.105. The lowest BCUT2D eigenvalue weighted by molar-refractivity contribution is 0.103. The van der Waals surface area contributed by atoms with E-state index in [9.17, 15) is 4.79 Å². The molecule has 0 saturated heterocycles. The number of anilines is 1. The van der Waals surface area contributed by atoms with Crippen LogP contribution in [0.1, 0.15) is 9.67 Å². The van der Waals surface area contributed by atoms with Crippen LogP contribution in [-0.4, -0.2) is 10.9 Å². The molecule has 0 radical (unpaired) electrons. The topological polar surface area (TPSA) is 42.0 Å². The van der Waals surface area contributed by atoms with E-state index in [1.807, 2.05) is 30.3 Å². The van der Waals surface area contributed by atoms with Crippen LogP contribution in [0.5, 0.6) is 0 Å². The molecule has 19 heavy (non-hydrogen) atoms. The maximum Gasteiger partial charge on any atom is 0.265 e. The van der Waals surface area contributed by atoms with Crippen molar-refractivity contribution >= 4 is 49.6 Å². The minimum Gasteiger partial charge on any atom is -0.321 e. The third-order valence-electron chi connectivity index (χ3n) is 2.73. The van der Waals surface area contributed by atoms with E-state index in [4.69, 9.17) is 0 Å². The number of fused-ring (bicyclic) bond motifs is 1. The van der Waals surface area contributed by atoms with Crippen molar-refractivity contribution < 1.29 is 4.79 Å². The third kappa shape index (κ3) is 2.52. The SMILES string of the molecule is O=C(Nc1cccc2ccncc12)c1ccc(Br)s1. The second-order valence-electron chi connectivity index (χ2n) is 3.96. The van der Waals surface area contributed by atoms with Gasteiger partial charge in [0.15, 0.2) is 0 Å². The molecule has 0 spiro atoms. The van der Waals surface area contributed by atoms with Gasteiger partial charge in [-0.15, -0.1) is 11.3 Å². The summed E-state index contributed by atoms with van der Waals surface area (Å²) in [4.78, 5) is 16.9. The van der Waals surface area contributed by atoms with E-state index >= 15 is 0 Å². The Hall–Kier alpha value is -1.72. The number of hydrogen-bond acceptors (Lipinski definition) is 3. The molecule has 1 aromatic carbocycles. The van der Waals surface area contributed by atoms with Crippen LogP contribution in [0.15, 0.2) is 52.6 Å². The molecule has 1 N–H and O–H groups in total. The van der Waals surface area contributed by atoms with Crippen molar-refractivity contribution in [2.75, 3.05) is 5.32 Å². The summed E-state index contributed by atoms with van der Waals surface area (Å²) in [5, 5.41) is 4.92. The van der Waals surface area contributed by atoms with E-state index < -0.39 is 0 Å². The Bertz CT molecular complexity index is 749. The zero-order chi connectivity index (χ0) is 13.2. The first-order chi connectivity index (χ1) is 9.24. The number of carbonyl (C=O) groups excluding carboxylic acids is 1. The molecule has 1 amide bonds. The first-order valence-corrected chi connectivity index (χ1v) is 7.24. The zero-order valence-electron chi connectivity index (χ0n) is 9.76. The Labute approximate surface area is 122 Å². The van der Waals surface area contributed by atoms with Gasteiger partial charge in [-0.3, -0.25) is 9.78 Å². The van der Waals surface area contributed by atoms with Gasteiger partial charge in [0.05, 0.1) is 14.4 Å². The summed E-state index contributed by atoms with van der Waals surface area (Å²) >= 11 is 4.76. The summed E-state index contributed by atoms with van der Waals surface area (Å²) in [6, 6.07) is 11.4. The van der Waals surface area contributed by atoms with Gasteiger partial charge in [0.2, 0.25) is 0 Å². The van der Waals surface area contributed by atoms with E-state index in [1.165, 1.54) is 11.3 Å². The van der Waals surface area contributed by atoms with Gasteiger partial charge in [-0.05, 0) is 45.6 Å². The van der Waals surface area contributed by atoms with Crippen LogP contribution >= 0.6 is 27.3 Å². The smallest absolute Gasteiger partial charge is 0.265 e. The fraction of sp³-hybridized carbons (Fsp3) is 0. The van der Waals surface area contributed by atoms with Gasteiger partial charge < -0.3 is 5.32 Å². The number of rotatable bonds is 2. The van der Waals surface area contributed by atoms with Crippen molar-refractivity contribution in [1.29, 1.82) is 0 Å². The highest BCUT2D eigenvalue weighted by Crippen LogP contribution is 2.25. The molecule has 0 aliphatic carbocycles. The van der Waals surface area contributed by atoms with E-state index in [0.29, 0.717) is 4.88 Å². The average Bonchev–Trinajstić information content (AvgIpc) is 2.86. The van der Waals surface area contributed by atoms with Crippen molar-refractivity contribution in [3.63, 3.8) is 0 Å². The summed E-state index contributed by atoms with van der Waals surface area (Å²) in [5.74, 6) is -0.105. The number of aromatic nitrogens is 1. The van der Waals surface area contributed by atoms with E-state index in [1.54, 1.807) is 18.5 Å². The molecule has 0 bridgehead atoms. The minimum absolute atomic E-state index is 0.105. The van der Waals surface area contributed by atoms with Crippen molar-refractivity contribution in [3.8, 4) is 0 Å². The van der Waals surface area contributed by atoms with Gasteiger partial charge in [-0.1, -0.05) is 12.1 Å². The quantitative estimate of drug-likeness (QED) is 0.759. The lowest BCUT2D eigenvalue weighted by Gasteiger charge is -2.07. The van der Waals surface area contributed by atoms with E-state index in [-0.39, 0.29) is 5.91 Å². The lowest BCUT2D eigenvalue weighted by atomic mass is 10.1. The van der Waals surface area contributed by atoms with Gasteiger partial charge >= 0.3 is 0 Å². The van der Waals surface area contributed by atoms with Crippen LogP contribution < -0.4 is 5.32 Å². The molecule has 94 valence electrons. The Morgan fingerprint density at radius 2 is 2.11 bits per heavy atom. The second-order valence-corrected chi connectivity index (χ2v) is 6.42. The van der Waals surface area contributed by atoms with Crippen molar-refractivity contribution in [1.82, 2.24) is 4.98 Å². The average molecular weight is 333 g/mol. The Kier molecular flexibility index (Phi) is 3.31. The second kappa shape index (κ2) is 5.11. The highest BCUT2D eigenvalue weighted by Gasteiger charge is 2.10. The number of pyridine rings is 1. The third-order valence-corrected chi connectivity index (χ3v) is 4.35. The van der Waals surface area contributed by atoms with Crippen LogP contribution in [0.2, 0.25) is 0 Å². The van der Waals surface area contributed by atoms with E-state index in [2.05, 4.69) is 26.2 Å². The van der Waals surface area contributed by atoms with Gasteiger partial charge in [-0.25, -0.2) is 0 Å². The molecular formula is C14H9BrN2OS. The molecule has 0 atom stereocenters. The number of benzene rings is 1. The van der Waals surface area contributed by atoms with Crippen LogP contribution in [0.4, 0.5) is 5.69 Å². The molecule has 2 heterocycles. The van der Waals surface area contributed by atoms with Crippen LogP contribution in [0.25, 0.3) is 10.8 Å². The molecule has 2 aromatic heterocycles. The van der Waals surface area contributed by atoms with E-state index in [0.717, 1.165) is 20.2 Å². The predicted molar refractivity (Wildman–Crippen MR) is 81.7 cm³/mol. The number of thiophene rings is 1. The molecule has 3 rings (SSSR count). The molecular weight excluding hydrogens is 324 g/mol. The maximum absolute atomic E-state index is 12.1. The van der Waals surface area contributed by atoms with Crippen molar-refractivity contribution in [3.05, 3.63) is 57.5 Å². The monoisotopic (exact) mass is 332 g/mol. The van der Waals surface area contributed by atoms with Crippen LogP contribution in [-0.2, 0) is 0 Å². The zero-order valence-corrected chi connectivity index (χ0v) is 12.2. The number of carbonyl (C=O) groups is 1. The Morgan fingerprint density at radius 1 is 1.21 bits per heavy atom. The first kappa shape index (κ1) is 12.3. The summed E-state index contributed by atoms with van der Waals surface area (Å²) in [7, 11) is 0. The van der Waals surface area contributed by atoms with Crippen LogP contribution in [0, 0.1) is 0 Å². The summed E-state index contributed by atoms with van der Waals surface area (Å²) in [6.07, 6.45) is 3.50. The summed E-state index contributed by atoms with van der Waals surface area (Å²) < 4.78 is 0.942. The largest absolute Gasteiger partial charge is 0.321 e. The molecule has 0 saturated carbocycles. The molecule has 0 fully saturated rings. The maximum atomic E-state index is 12.1. The summed E-state index contributed by atoms with van der Waals surface area (Å²) in [5.41, 5.74) is 0.778. The normalized spacial score (nSPS) is 10.6. The predicted octanol–water partition coefficient (Wildman–Crippen LogP) is 4.31. The fourth-order valence-electron chi connectivity index (χ4n) is 1.84. The number of amides is 1. The molecule has 0 unspecified atom stereocenters. The van der Waals surface area contributed by atoms with Crippen molar-refractivity contribution in [2.24, 2.45) is 0 Å². The molecule has 5 heteroatoms. The number of halogens is 1. The Balaban J connectivity index is 1.95. The van der Waals surface area contributed by atoms with Gasteiger partial charge in [0, 0.05) is 17.8 Å². The number of nitrogens with zero attached hydrogens (tertiary/aromatic N) is 1. The molecule has 0 aliphatic rings.